The summed E-state index contributed by atoms with van der Waals surface area (Å²) < 4.78 is 0. The molecular weight excluding hydrogens is 204 g/mol. The van der Waals surface area contributed by atoms with Crippen LogP contribution in [0.2, 0.25) is 0 Å². The van der Waals surface area contributed by atoms with Crippen molar-refractivity contribution in [3.63, 3.8) is 0 Å². The van der Waals surface area contributed by atoms with Gasteiger partial charge >= 0.3 is 0 Å². The van der Waals surface area contributed by atoms with Crippen LogP contribution in [0.3, 0.4) is 0 Å². The fourth-order valence-electron chi connectivity index (χ4n) is 2.13. The number of rotatable bonds is 3. The number of aliphatic hydroxyl groups excluding tert-OH is 1. The van der Waals surface area contributed by atoms with E-state index in [-0.39, 0.29) is 6.61 Å². The van der Waals surface area contributed by atoms with Crippen LogP contribution in [-0.4, -0.2) is 10.4 Å². The van der Waals surface area contributed by atoms with Crippen molar-refractivity contribution in [3.05, 3.63) is 29.3 Å². The summed E-state index contributed by atoms with van der Waals surface area (Å²) in [4.78, 5) is 1.39. The normalized spacial score (nSPS) is 17.2. The molecule has 0 atom stereocenters. The fraction of sp³-hybridized carbons (Fsp3) is 0.538. The minimum atomic E-state index is 0.148. The highest BCUT2D eigenvalue weighted by Gasteiger charge is 2.16. The molecule has 1 saturated carbocycles. The smallest absolute Gasteiger partial charge is 0.0681 e. The van der Waals surface area contributed by atoms with E-state index in [0.29, 0.717) is 0 Å². The summed E-state index contributed by atoms with van der Waals surface area (Å²) >= 11 is 2.02. The average molecular weight is 222 g/mol. The molecule has 1 aliphatic rings. The number of aryl methyl sites for hydroxylation is 1. The molecule has 0 unspecified atom stereocenters. The summed E-state index contributed by atoms with van der Waals surface area (Å²) in [5.74, 6) is 0. The molecule has 1 fully saturated rings. The molecule has 2 heteroatoms. The van der Waals surface area contributed by atoms with Gasteiger partial charge in [-0.25, -0.2) is 0 Å². The molecule has 0 aliphatic heterocycles. The molecular formula is C13H18OS. The molecule has 0 amide bonds. The Morgan fingerprint density at radius 3 is 2.67 bits per heavy atom. The molecule has 0 bridgehead atoms. The highest BCUT2D eigenvalue weighted by Crippen LogP contribution is 2.36. The van der Waals surface area contributed by atoms with Crippen molar-refractivity contribution < 1.29 is 5.11 Å². The Bertz CT molecular complexity index is 329. The van der Waals surface area contributed by atoms with Gasteiger partial charge in [-0.3, -0.25) is 0 Å². The molecule has 2 rings (SSSR count). The zero-order valence-electron chi connectivity index (χ0n) is 9.20. The zero-order chi connectivity index (χ0) is 10.7. The molecule has 1 nitrogen and oxygen atoms in total. The van der Waals surface area contributed by atoms with Crippen molar-refractivity contribution in [2.45, 2.75) is 49.4 Å². The van der Waals surface area contributed by atoms with Crippen LogP contribution in [0.4, 0.5) is 0 Å². The van der Waals surface area contributed by atoms with Crippen molar-refractivity contribution in [3.8, 4) is 0 Å². The van der Waals surface area contributed by atoms with E-state index in [1.807, 2.05) is 17.8 Å². The van der Waals surface area contributed by atoms with Crippen LogP contribution in [0.25, 0.3) is 0 Å². The molecule has 1 aromatic rings. The molecule has 1 N–H and O–H groups in total. The van der Waals surface area contributed by atoms with E-state index in [9.17, 15) is 0 Å². The van der Waals surface area contributed by atoms with Crippen molar-refractivity contribution in [1.29, 1.82) is 0 Å². The van der Waals surface area contributed by atoms with E-state index in [1.54, 1.807) is 0 Å². The van der Waals surface area contributed by atoms with Crippen LogP contribution in [0, 0.1) is 6.92 Å². The Morgan fingerprint density at radius 2 is 2.07 bits per heavy atom. The van der Waals surface area contributed by atoms with Gasteiger partial charge in [0.15, 0.2) is 0 Å². The van der Waals surface area contributed by atoms with Crippen LogP contribution in [-0.2, 0) is 6.61 Å². The van der Waals surface area contributed by atoms with Gasteiger partial charge in [-0.05, 0) is 37.0 Å². The van der Waals surface area contributed by atoms with Gasteiger partial charge in [0.1, 0.15) is 0 Å². The first kappa shape index (κ1) is 11.0. The quantitative estimate of drug-likeness (QED) is 0.844. The molecule has 82 valence electrons. The van der Waals surface area contributed by atoms with Crippen molar-refractivity contribution in [2.24, 2.45) is 0 Å². The summed E-state index contributed by atoms with van der Waals surface area (Å²) in [6, 6.07) is 6.28. The van der Waals surface area contributed by atoms with E-state index >= 15 is 0 Å². The fourth-order valence-corrected chi connectivity index (χ4v) is 3.45. The number of hydrogen-bond donors (Lipinski definition) is 1. The second-order valence-corrected chi connectivity index (χ2v) is 5.62. The SMILES string of the molecule is Cc1cc(CO)ccc1SC1CCCC1. The molecule has 1 aliphatic carbocycles. The number of benzene rings is 1. The van der Waals surface area contributed by atoms with E-state index in [2.05, 4.69) is 19.1 Å². The third-order valence-electron chi connectivity index (χ3n) is 3.02. The van der Waals surface area contributed by atoms with E-state index < -0.39 is 0 Å². The van der Waals surface area contributed by atoms with Crippen molar-refractivity contribution in [2.75, 3.05) is 0 Å². The van der Waals surface area contributed by atoms with Crippen LogP contribution in [0.5, 0.6) is 0 Å². The van der Waals surface area contributed by atoms with Crippen molar-refractivity contribution >= 4 is 11.8 Å². The summed E-state index contributed by atoms with van der Waals surface area (Å²) in [6.45, 7) is 2.28. The Morgan fingerprint density at radius 1 is 1.33 bits per heavy atom. The maximum absolute atomic E-state index is 9.03. The van der Waals surface area contributed by atoms with Crippen molar-refractivity contribution in [1.82, 2.24) is 0 Å². The standard InChI is InChI=1S/C13H18OS/c1-10-8-11(9-14)6-7-13(10)15-12-4-2-3-5-12/h6-8,12,14H,2-5,9H2,1H3. The van der Waals surface area contributed by atoms with E-state index in [0.717, 1.165) is 10.8 Å². The molecule has 0 saturated heterocycles. The second kappa shape index (κ2) is 5.04. The average Bonchev–Trinajstić information content (AvgIpc) is 2.74. The second-order valence-electron chi connectivity index (χ2n) is 4.28. The lowest BCUT2D eigenvalue weighted by atomic mass is 10.1. The van der Waals surface area contributed by atoms with Crippen LogP contribution >= 0.6 is 11.8 Å². The Hall–Kier alpha value is -0.470. The summed E-state index contributed by atoms with van der Waals surface area (Å²) in [6.07, 6.45) is 5.52. The van der Waals surface area contributed by atoms with E-state index in [4.69, 9.17) is 5.11 Å². The highest BCUT2D eigenvalue weighted by molar-refractivity contribution is 8.00. The number of thioether (sulfide) groups is 1. The van der Waals surface area contributed by atoms with E-state index in [1.165, 1.54) is 36.1 Å². The predicted molar refractivity (Wildman–Crippen MR) is 65.2 cm³/mol. The maximum atomic E-state index is 9.03. The minimum Gasteiger partial charge on any atom is -0.392 e. The lowest BCUT2D eigenvalue weighted by Crippen LogP contribution is -1.95. The molecule has 0 spiro atoms. The lowest BCUT2D eigenvalue weighted by Gasteiger charge is -2.11. The van der Waals surface area contributed by atoms with Gasteiger partial charge in [-0.2, -0.15) is 0 Å². The lowest BCUT2D eigenvalue weighted by molar-refractivity contribution is 0.281. The van der Waals surface area contributed by atoms with Gasteiger partial charge in [0.2, 0.25) is 0 Å². The van der Waals surface area contributed by atoms with Crippen LogP contribution in [0.15, 0.2) is 23.1 Å². The monoisotopic (exact) mass is 222 g/mol. The zero-order valence-corrected chi connectivity index (χ0v) is 10.0. The summed E-state index contributed by atoms with van der Waals surface area (Å²) in [7, 11) is 0. The first-order chi connectivity index (χ1) is 7.29. The highest BCUT2D eigenvalue weighted by atomic mass is 32.2. The van der Waals surface area contributed by atoms with Crippen LogP contribution in [0.1, 0.15) is 36.8 Å². The largest absolute Gasteiger partial charge is 0.392 e. The number of aliphatic hydroxyl groups is 1. The summed E-state index contributed by atoms with van der Waals surface area (Å²) in [5, 5.41) is 9.85. The van der Waals surface area contributed by atoms with Gasteiger partial charge in [-0.1, -0.05) is 25.0 Å². The Labute approximate surface area is 95.9 Å². The molecule has 0 heterocycles. The third kappa shape index (κ3) is 2.76. The molecule has 0 aromatic heterocycles. The Kier molecular flexibility index (Phi) is 3.71. The molecule has 0 radical (unpaired) electrons. The van der Waals surface area contributed by atoms with Gasteiger partial charge in [-0.15, -0.1) is 11.8 Å². The summed E-state index contributed by atoms with van der Waals surface area (Å²) in [5.41, 5.74) is 2.32. The predicted octanol–water partition coefficient (Wildman–Crippen LogP) is 3.52. The molecule has 15 heavy (non-hydrogen) atoms. The first-order valence-electron chi connectivity index (χ1n) is 5.66. The topological polar surface area (TPSA) is 20.2 Å². The third-order valence-corrected chi connectivity index (χ3v) is 4.53. The van der Waals surface area contributed by atoms with Gasteiger partial charge < -0.3 is 5.11 Å². The maximum Gasteiger partial charge on any atom is 0.0681 e. The van der Waals surface area contributed by atoms with Gasteiger partial charge in [0.05, 0.1) is 6.61 Å². The minimum absolute atomic E-state index is 0.148. The van der Waals surface area contributed by atoms with Gasteiger partial charge in [0, 0.05) is 10.1 Å². The first-order valence-corrected chi connectivity index (χ1v) is 6.54. The van der Waals surface area contributed by atoms with Crippen LogP contribution < -0.4 is 0 Å². The van der Waals surface area contributed by atoms with Gasteiger partial charge in [0.25, 0.3) is 0 Å². The molecule has 1 aromatic carbocycles. The Balaban J connectivity index is 2.07. The number of hydrogen-bond acceptors (Lipinski definition) is 2.